The predicted octanol–water partition coefficient (Wildman–Crippen LogP) is 2.42. The van der Waals surface area contributed by atoms with Crippen LogP contribution < -0.4 is 10.2 Å². The summed E-state index contributed by atoms with van der Waals surface area (Å²) in [6.45, 7) is 8.94. The van der Waals surface area contributed by atoms with Gasteiger partial charge in [0, 0.05) is 50.8 Å². The van der Waals surface area contributed by atoms with E-state index in [-0.39, 0.29) is 5.91 Å². The molecule has 9 nitrogen and oxygen atoms in total. The van der Waals surface area contributed by atoms with Gasteiger partial charge in [-0.3, -0.25) is 4.79 Å². The zero-order valence-corrected chi connectivity index (χ0v) is 17.8. The van der Waals surface area contributed by atoms with E-state index in [1.807, 2.05) is 6.92 Å². The van der Waals surface area contributed by atoms with Gasteiger partial charge in [0.2, 0.25) is 5.91 Å². The fourth-order valence-electron chi connectivity index (χ4n) is 4.26. The summed E-state index contributed by atoms with van der Waals surface area (Å²) in [5.74, 6) is 2.68. The maximum atomic E-state index is 12.2. The van der Waals surface area contributed by atoms with Crippen LogP contribution in [0.5, 0.6) is 0 Å². The Bertz CT molecular complexity index is 988. The third kappa shape index (κ3) is 4.60. The van der Waals surface area contributed by atoms with Crippen LogP contribution in [0.2, 0.25) is 0 Å². The number of nitrogens with one attached hydrogen (secondary N) is 2. The molecule has 1 aliphatic heterocycles. The molecule has 3 aromatic rings. The van der Waals surface area contributed by atoms with Gasteiger partial charge in [-0.2, -0.15) is 4.98 Å². The largest absolute Gasteiger partial charge is 0.356 e. The Labute approximate surface area is 175 Å². The molecule has 2 unspecified atom stereocenters. The number of aromatic amines is 1. The number of H-pyrrole nitrogens is 1. The molecule has 0 saturated carbocycles. The Morgan fingerprint density at radius 1 is 1.27 bits per heavy atom. The van der Waals surface area contributed by atoms with Crippen LogP contribution in [0.25, 0.3) is 11.1 Å². The van der Waals surface area contributed by atoms with E-state index in [1.165, 1.54) is 6.42 Å². The quantitative estimate of drug-likeness (QED) is 0.614. The molecular formula is C21H29N7O2. The van der Waals surface area contributed by atoms with E-state index in [9.17, 15) is 4.79 Å². The first-order valence-electron chi connectivity index (χ1n) is 10.6. The number of aromatic nitrogens is 5. The normalized spacial score (nSPS) is 19.4. The van der Waals surface area contributed by atoms with E-state index in [2.05, 4.69) is 44.2 Å². The third-order valence-corrected chi connectivity index (χ3v) is 5.55. The number of hydrogen-bond acceptors (Lipinski definition) is 7. The lowest BCUT2D eigenvalue weighted by Crippen LogP contribution is -2.39. The Hall–Kier alpha value is -2.97. The molecule has 1 saturated heterocycles. The lowest BCUT2D eigenvalue weighted by molar-refractivity contribution is -0.121. The number of rotatable bonds is 7. The second-order valence-corrected chi connectivity index (χ2v) is 8.44. The molecule has 160 valence electrons. The number of carbonyl (C=O) groups is 1. The number of carbonyl (C=O) groups excluding carboxylic acids is 1. The molecule has 4 rings (SSSR count). The minimum atomic E-state index is -0.0197. The molecule has 0 aromatic carbocycles. The molecule has 0 aliphatic carbocycles. The highest BCUT2D eigenvalue weighted by Gasteiger charge is 2.27. The first-order chi connectivity index (χ1) is 14.5. The van der Waals surface area contributed by atoms with Crippen LogP contribution in [-0.4, -0.2) is 50.6 Å². The molecule has 2 N–H and O–H groups in total. The summed E-state index contributed by atoms with van der Waals surface area (Å²) in [7, 11) is 0. The summed E-state index contributed by atoms with van der Waals surface area (Å²) in [6.07, 6.45) is 6.13. The molecule has 30 heavy (non-hydrogen) atoms. The number of aryl methyl sites for hydroxylation is 2. The standard InChI is InChI=1S/C21H29N7O2/c1-13-8-14(2)11-28(10-13)20-19-15(3)27-30-21(19)26-17(25-20)4-5-18(29)23-7-6-16-9-22-12-24-16/h9,12-14H,4-8,10-11H2,1-3H3,(H,22,24)(H,23,29). The highest BCUT2D eigenvalue weighted by Crippen LogP contribution is 2.31. The SMILES string of the molecule is Cc1noc2nc(CCC(=O)NCCc3cnc[nH]3)nc(N3CC(C)CC(C)C3)c12. The van der Waals surface area contributed by atoms with Crippen molar-refractivity contribution in [3.05, 3.63) is 29.7 Å². The van der Waals surface area contributed by atoms with E-state index in [0.717, 1.165) is 42.1 Å². The highest BCUT2D eigenvalue weighted by molar-refractivity contribution is 5.88. The summed E-state index contributed by atoms with van der Waals surface area (Å²) in [5, 5.41) is 7.91. The van der Waals surface area contributed by atoms with Gasteiger partial charge in [0.15, 0.2) is 0 Å². The minimum Gasteiger partial charge on any atom is -0.356 e. The van der Waals surface area contributed by atoms with Crippen molar-refractivity contribution >= 4 is 22.8 Å². The molecule has 0 spiro atoms. The highest BCUT2D eigenvalue weighted by atomic mass is 16.5. The monoisotopic (exact) mass is 411 g/mol. The second kappa shape index (κ2) is 8.81. The van der Waals surface area contributed by atoms with Crippen LogP contribution in [0.3, 0.4) is 0 Å². The number of amides is 1. The lowest BCUT2D eigenvalue weighted by atomic mass is 9.92. The summed E-state index contributed by atoms with van der Waals surface area (Å²) in [5.41, 5.74) is 2.30. The molecule has 1 aliphatic rings. The van der Waals surface area contributed by atoms with E-state index in [0.29, 0.717) is 42.8 Å². The van der Waals surface area contributed by atoms with E-state index in [4.69, 9.17) is 9.51 Å². The Morgan fingerprint density at radius 2 is 2.07 bits per heavy atom. The van der Waals surface area contributed by atoms with Crippen LogP contribution in [0.1, 0.15) is 43.9 Å². The second-order valence-electron chi connectivity index (χ2n) is 8.44. The predicted molar refractivity (Wildman–Crippen MR) is 113 cm³/mol. The van der Waals surface area contributed by atoms with Gasteiger partial charge >= 0.3 is 0 Å². The van der Waals surface area contributed by atoms with Crippen LogP contribution in [0.4, 0.5) is 5.82 Å². The van der Waals surface area contributed by atoms with Crippen LogP contribution in [0.15, 0.2) is 17.0 Å². The maximum absolute atomic E-state index is 12.2. The number of imidazole rings is 1. The number of piperidine rings is 1. The van der Waals surface area contributed by atoms with Gasteiger partial charge in [0.25, 0.3) is 5.71 Å². The zero-order chi connectivity index (χ0) is 21.1. The topological polar surface area (TPSA) is 113 Å². The van der Waals surface area contributed by atoms with Gasteiger partial charge in [-0.1, -0.05) is 19.0 Å². The summed E-state index contributed by atoms with van der Waals surface area (Å²) in [6, 6.07) is 0. The van der Waals surface area contributed by atoms with Gasteiger partial charge in [0.05, 0.1) is 12.0 Å². The van der Waals surface area contributed by atoms with Crippen molar-refractivity contribution in [2.75, 3.05) is 24.5 Å². The third-order valence-electron chi connectivity index (χ3n) is 5.55. The molecular weight excluding hydrogens is 382 g/mol. The number of fused-ring (bicyclic) bond motifs is 1. The van der Waals surface area contributed by atoms with Crippen LogP contribution >= 0.6 is 0 Å². The van der Waals surface area contributed by atoms with Gasteiger partial charge in [-0.05, 0) is 25.2 Å². The molecule has 0 bridgehead atoms. The van der Waals surface area contributed by atoms with Gasteiger partial charge in [-0.25, -0.2) is 9.97 Å². The summed E-state index contributed by atoms with van der Waals surface area (Å²) in [4.78, 5) is 30.9. The van der Waals surface area contributed by atoms with Crippen molar-refractivity contribution in [1.82, 2.24) is 30.4 Å². The van der Waals surface area contributed by atoms with Gasteiger partial charge < -0.3 is 19.7 Å². The Balaban J connectivity index is 1.44. The molecule has 4 heterocycles. The molecule has 0 radical (unpaired) electrons. The first kappa shape index (κ1) is 20.3. The fourth-order valence-corrected chi connectivity index (χ4v) is 4.26. The zero-order valence-electron chi connectivity index (χ0n) is 17.8. The van der Waals surface area contributed by atoms with E-state index in [1.54, 1.807) is 12.5 Å². The van der Waals surface area contributed by atoms with Crippen molar-refractivity contribution in [2.45, 2.75) is 46.5 Å². The lowest BCUT2D eigenvalue weighted by Gasteiger charge is -2.36. The number of nitrogens with zero attached hydrogens (tertiary/aromatic N) is 5. The minimum absolute atomic E-state index is 0.0197. The van der Waals surface area contributed by atoms with E-state index >= 15 is 0 Å². The molecule has 2 atom stereocenters. The van der Waals surface area contributed by atoms with Crippen molar-refractivity contribution < 1.29 is 9.32 Å². The van der Waals surface area contributed by atoms with Crippen molar-refractivity contribution in [3.8, 4) is 0 Å². The maximum Gasteiger partial charge on any atom is 0.263 e. The summed E-state index contributed by atoms with van der Waals surface area (Å²) >= 11 is 0. The van der Waals surface area contributed by atoms with E-state index < -0.39 is 0 Å². The molecule has 1 amide bonds. The smallest absolute Gasteiger partial charge is 0.263 e. The number of hydrogen-bond donors (Lipinski definition) is 2. The summed E-state index contributed by atoms with van der Waals surface area (Å²) < 4.78 is 5.45. The fraction of sp³-hybridized carbons (Fsp3) is 0.571. The Morgan fingerprint density at radius 3 is 2.80 bits per heavy atom. The van der Waals surface area contributed by atoms with Crippen molar-refractivity contribution in [1.29, 1.82) is 0 Å². The average Bonchev–Trinajstić information content (AvgIpc) is 3.35. The van der Waals surface area contributed by atoms with Crippen LogP contribution in [0, 0.1) is 18.8 Å². The molecule has 3 aromatic heterocycles. The molecule has 1 fully saturated rings. The van der Waals surface area contributed by atoms with Crippen molar-refractivity contribution in [2.24, 2.45) is 11.8 Å². The van der Waals surface area contributed by atoms with Crippen molar-refractivity contribution in [3.63, 3.8) is 0 Å². The van der Waals surface area contributed by atoms with Gasteiger partial charge in [0.1, 0.15) is 17.0 Å². The average molecular weight is 412 g/mol. The molecule has 9 heteroatoms. The Kier molecular flexibility index (Phi) is 5.96. The van der Waals surface area contributed by atoms with Gasteiger partial charge in [-0.15, -0.1) is 0 Å². The number of anilines is 1. The van der Waals surface area contributed by atoms with Crippen LogP contribution in [-0.2, 0) is 17.6 Å². The first-order valence-corrected chi connectivity index (χ1v) is 10.6.